The van der Waals surface area contributed by atoms with Crippen molar-refractivity contribution < 1.29 is 18.9 Å². The molecule has 0 aromatic carbocycles. The Balaban J connectivity index is 2.44. The van der Waals surface area contributed by atoms with Gasteiger partial charge in [0.25, 0.3) is 0 Å². The summed E-state index contributed by atoms with van der Waals surface area (Å²) in [6.07, 6.45) is 9.73. The van der Waals surface area contributed by atoms with Crippen LogP contribution in [0.4, 0.5) is 0 Å². The van der Waals surface area contributed by atoms with Gasteiger partial charge in [0, 0.05) is 27.4 Å². The predicted molar refractivity (Wildman–Crippen MR) is 86.7 cm³/mol. The largest absolute Gasteiger partial charge is 0.378 e. The Morgan fingerprint density at radius 3 is 2.41 bits per heavy atom. The monoisotopic (exact) mass is 313 g/mol. The highest BCUT2D eigenvalue weighted by molar-refractivity contribution is 5.20. The van der Waals surface area contributed by atoms with Gasteiger partial charge in [-0.25, -0.2) is 0 Å². The molecule has 3 unspecified atom stereocenters. The standard InChI is InChI=1S/C18H33O4/c1-5-21-16-12-8-10-14-18(16,22-6-2)17(20-4)13-9-7-11-15(17)19-3/h15H,5-14H2,1-4H3. The predicted octanol–water partition coefficient (Wildman–Crippen LogP) is 3.88. The molecule has 0 spiro atoms. The molecule has 0 aromatic rings. The van der Waals surface area contributed by atoms with Crippen LogP contribution in [0, 0.1) is 6.10 Å². The lowest BCUT2D eigenvalue weighted by molar-refractivity contribution is -0.272. The minimum atomic E-state index is -0.466. The average Bonchev–Trinajstić information content (AvgIpc) is 2.56. The van der Waals surface area contributed by atoms with Crippen LogP contribution >= 0.6 is 0 Å². The lowest BCUT2D eigenvalue weighted by Crippen LogP contribution is -2.68. The van der Waals surface area contributed by atoms with E-state index in [4.69, 9.17) is 18.9 Å². The van der Waals surface area contributed by atoms with Crippen molar-refractivity contribution in [1.29, 1.82) is 0 Å². The summed E-state index contributed by atoms with van der Waals surface area (Å²) >= 11 is 0. The molecule has 4 nitrogen and oxygen atoms in total. The highest BCUT2D eigenvalue weighted by atomic mass is 16.6. The van der Waals surface area contributed by atoms with Gasteiger partial charge in [-0.2, -0.15) is 0 Å². The summed E-state index contributed by atoms with van der Waals surface area (Å²) in [6, 6.07) is 0. The number of hydrogen-bond donors (Lipinski definition) is 0. The van der Waals surface area contributed by atoms with Gasteiger partial charge in [-0.3, -0.25) is 0 Å². The molecule has 2 aliphatic rings. The van der Waals surface area contributed by atoms with E-state index in [1.807, 2.05) is 14.0 Å². The van der Waals surface area contributed by atoms with Crippen LogP contribution in [-0.4, -0.2) is 44.7 Å². The second-order valence-corrected chi connectivity index (χ2v) is 6.39. The third-order valence-electron chi connectivity index (χ3n) is 5.46. The van der Waals surface area contributed by atoms with Crippen LogP contribution in [0.1, 0.15) is 65.2 Å². The lowest BCUT2D eigenvalue weighted by Gasteiger charge is -2.57. The third kappa shape index (κ3) is 2.95. The van der Waals surface area contributed by atoms with Gasteiger partial charge >= 0.3 is 0 Å². The van der Waals surface area contributed by atoms with Gasteiger partial charge in [0.2, 0.25) is 0 Å². The van der Waals surface area contributed by atoms with Crippen molar-refractivity contribution >= 4 is 0 Å². The summed E-state index contributed by atoms with van der Waals surface area (Å²) in [6.45, 7) is 5.46. The first-order chi connectivity index (χ1) is 10.7. The van der Waals surface area contributed by atoms with Crippen LogP contribution in [0.25, 0.3) is 0 Å². The van der Waals surface area contributed by atoms with Crippen molar-refractivity contribution in [3.63, 3.8) is 0 Å². The van der Waals surface area contributed by atoms with E-state index in [1.165, 1.54) is 12.8 Å². The quantitative estimate of drug-likeness (QED) is 0.715. The summed E-state index contributed by atoms with van der Waals surface area (Å²) in [5, 5.41) is 0. The van der Waals surface area contributed by atoms with E-state index in [-0.39, 0.29) is 6.10 Å². The molecule has 129 valence electrons. The molecule has 2 rings (SSSR count). The topological polar surface area (TPSA) is 36.9 Å². The molecule has 4 heteroatoms. The fourth-order valence-corrected chi connectivity index (χ4v) is 4.61. The molecule has 0 saturated heterocycles. The van der Waals surface area contributed by atoms with Crippen LogP contribution in [0.3, 0.4) is 0 Å². The smallest absolute Gasteiger partial charge is 0.132 e. The SMILES string of the molecule is CCO[C]1CCCCC1(OCC)C1(OC)CCCCC1OC. The van der Waals surface area contributed by atoms with E-state index < -0.39 is 11.2 Å². The van der Waals surface area contributed by atoms with E-state index in [1.54, 1.807) is 7.11 Å². The van der Waals surface area contributed by atoms with E-state index >= 15 is 0 Å². The maximum Gasteiger partial charge on any atom is 0.132 e. The Hall–Kier alpha value is -0.160. The first-order valence-corrected chi connectivity index (χ1v) is 8.91. The highest BCUT2D eigenvalue weighted by Crippen LogP contribution is 2.53. The number of ether oxygens (including phenoxy) is 4. The van der Waals surface area contributed by atoms with Crippen molar-refractivity contribution in [1.82, 2.24) is 0 Å². The van der Waals surface area contributed by atoms with Crippen molar-refractivity contribution in [2.24, 2.45) is 0 Å². The zero-order valence-corrected chi connectivity index (χ0v) is 14.8. The Labute approximate surface area is 135 Å². The molecule has 0 amide bonds. The lowest BCUT2D eigenvalue weighted by atomic mass is 9.63. The van der Waals surface area contributed by atoms with E-state index in [9.17, 15) is 0 Å². The van der Waals surface area contributed by atoms with Gasteiger partial charge in [-0.15, -0.1) is 0 Å². The summed E-state index contributed by atoms with van der Waals surface area (Å²) in [5.41, 5.74) is -0.896. The highest BCUT2D eigenvalue weighted by Gasteiger charge is 2.63. The van der Waals surface area contributed by atoms with E-state index in [0.29, 0.717) is 13.2 Å². The normalized spacial score (nSPS) is 37.4. The second kappa shape index (κ2) is 8.09. The zero-order valence-electron chi connectivity index (χ0n) is 14.8. The first-order valence-electron chi connectivity index (χ1n) is 8.91. The molecule has 2 saturated carbocycles. The number of hydrogen-bond acceptors (Lipinski definition) is 4. The summed E-state index contributed by atoms with van der Waals surface area (Å²) in [4.78, 5) is 0. The molecule has 3 atom stereocenters. The molecule has 22 heavy (non-hydrogen) atoms. The van der Waals surface area contributed by atoms with Crippen molar-refractivity contribution in [2.45, 2.75) is 82.5 Å². The Bertz CT molecular complexity index is 329. The number of rotatable bonds is 7. The average molecular weight is 313 g/mol. The van der Waals surface area contributed by atoms with E-state index in [2.05, 4.69) is 6.92 Å². The van der Waals surface area contributed by atoms with Crippen molar-refractivity contribution in [3.8, 4) is 0 Å². The molecule has 2 aliphatic carbocycles. The molecule has 0 heterocycles. The van der Waals surface area contributed by atoms with Gasteiger partial charge in [0.1, 0.15) is 17.3 Å². The van der Waals surface area contributed by atoms with Crippen molar-refractivity contribution in [3.05, 3.63) is 6.10 Å². The van der Waals surface area contributed by atoms with Gasteiger partial charge in [0.15, 0.2) is 0 Å². The van der Waals surface area contributed by atoms with Crippen LogP contribution in [0.2, 0.25) is 0 Å². The molecule has 0 bridgehead atoms. The van der Waals surface area contributed by atoms with Gasteiger partial charge < -0.3 is 18.9 Å². The molecular weight excluding hydrogens is 280 g/mol. The first kappa shape index (κ1) is 18.2. The van der Waals surface area contributed by atoms with Crippen LogP contribution in [0.5, 0.6) is 0 Å². The molecule has 2 fully saturated rings. The molecule has 0 N–H and O–H groups in total. The maximum absolute atomic E-state index is 6.43. The molecule has 0 aromatic heterocycles. The Kier molecular flexibility index (Phi) is 6.69. The van der Waals surface area contributed by atoms with Gasteiger partial charge in [0.05, 0.1) is 6.10 Å². The molecule has 1 radical (unpaired) electrons. The molecule has 0 aliphatic heterocycles. The Morgan fingerprint density at radius 1 is 1.00 bits per heavy atom. The van der Waals surface area contributed by atoms with E-state index in [0.717, 1.165) is 44.6 Å². The minimum Gasteiger partial charge on any atom is -0.378 e. The number of methoxy groups -OCH3 is 2. The van der Waals surface area contributed by atoms with Gasteiger partial charge in [-0.1, -0.05) is 25.7 Å². The third-order valence-corrected chi connectivity index (χ3v) is 5.46. The fourth-order valence-electron chi connectivity index (χ4n) is 4.61. The maximum atomic E-state index is 6.43. The molecular formula is C18H33O4. The second-order valence-electron chi connectivity index (χ2n) is 6.39. The van der Waals surface area contributed by atoms with Crippen LogP contribution in [-0.2, 0) is 18.9 Å². The summed E-state index contributed by atoms with van der Waals surface area (Å²) < 4.78 is 24.6. The van der Waals surface area contributed by atoms with Gasteiger partial charge in [-0.05, 0) is 39.5 Å². The Morgan fingerprint density at radius 2 is 1.77 bits per heavy atom. The zero-order chi connectivity index (χ0) is 16.1. The fraction of sp³-hybridized carbons (Fsp3) is 0.944. The van der Waals surface area contributed by atoms with Crippen LogP contribution < -0.4 is 0 Å². The summed E-state index contributed by atoms with van der Waals surface area (Å²) in [7, 11) is 3.61. The van der Waals surface area contributed by atoms with Crippen LogP contribution in [0.15, 0.2) is 0 Å². The summed E-state index contributed by atoms with van der Waals surface area (Å²) in [5.74, 6) is 0. The minimum absolute atomic E-state index is 0.0614. The van der Waals surface area contributed by atoms with Crippen molar-refractivity contribution in [2.75, 3.05) is 27.4 Å².